The Morgan fingerprint density at radius 3 is 2.75 bits per heavy atom. The van der Waals surface area contributed by atoms with Gasteiger partial charge in [-0.2, -0.15) is 0 Å². The van der Waals surface area contributed by atoms with Crippen LogP contribution in [0.4, 0.5) is 4.79 Å². The molecule has 0 unspecified atom stereocenters. The maximum atomic E-state index is 12.2. The number of carbonyl (C=O) groups excluding carboxylic acids is 2. The molecule has 0 atom stereocenters. The predicted molar refractivity (Wildman–Crippen MR) is 105 cm³/mol. The molecule has 1 aromatic heterocycles. The molecule has 1 aliphatic rings. The molecule has 1 aromatic carbocycles. The summed E-state index contributed by atoms with van der Waals surface area (Å²) in [6.45, 7) is 7.42. The molecule has 28 heavy (non-hydrogen) atoms. The van der Waals surface area contributed by atoms with Crippen molar-refractivity contribution in [3.8, 4) is 11.4 Å². The molecule has 0 bridgehead atoms. The minimum atomic E-state index is -0.365. The zero-order valence-electron chi connectivity index (χ0n) is 16.9. The molecule has 0 radical (unpaired) electrons. The third-order valence-electron chi connectivity index (χ3n) is 5.05. The van der Waals surface area contributed by atoms with Crippen molar-refractivity contribution in [2.75, 3.05) is 20.3 Å². The number of amides is 1. The lowest BCUT2D eigenvalue weighted by Gasteiger charge is -2.25. The predicted octanol–water partition coefficient (Wildman–Crippen LogP) is 3.77. The number of hydrogen-bond donors (Lipinski definition) is 1. The van der Waals surface area contributed by atoms with E-state index >= 15 is 0 Å². The van der Waals surface area contributed by atoms with Gasteiger partial charge in [0.2, 0.25) is 0 Å². The maximum absolute atomic E-state index is 12.2. The van der Waals surface area contributed by atoms with Crippen LogP contribution in [0.15, 0.2) is 12.1 Å². The molecule has 7 nitrogen and oxygen atoms in total. The Balaban J connectivity index is 1.83. The summed E-state index contributed by atoms with van der Waals surface area (Å²) in [4.78, 5) is 34.0. The fraction of sp³-hybridized carbons (Fsp3) is 0.476. The molecule has 0 fully saturated rings. The number of hydrogen-bond acceptors (Lipinski definition) is 5. The van der Waals surface area contributed by atoms with Gasteiger partial charge in [0.1, 0.15) is 5.82 Å². The Bertz CT molecular complexity index is 888. The number of fused-ring (bicyclic) bond motifs is 1. The fourth-order valence-electron chi connectivity index (χ4n) is 3.41. The van der Waals surface area contributed by atoms with Crippen LogP contribution in [0, 0.1) is 13.8 Å². The molecule has 150 valence electrons. The molecule has 2 heterocycles. The number of nitrogens with one attached hydrogen (secondary N) is 1. The molecular weight excluding hydrogens is 358 g/mol. The molecule has 1 aliphatic heterocycles. The highest BCUT2D eigenvalue weighted by Gasteiger charge is 2.25. The highest BCUT2D eigenvalue weighted by molar-refractivity contribution is 5.92. The van der Waals surface area contributed by atoms with Crippen LogP contribution in [0.25, 0.3) is 11.4 Å². The SMILES string of the molecule is CCCCOC(=O)N1CCc2nc(-c3cc(C(=O)OC)c(C)cc3C)[nH]c2C1. The number of carbonyl (C=O) groups is 2. The van der Waals surface area contributed by atoms with E-state index in [0.717, 1.165) is 40.9 Å². The van der Waals surface area contributed by atoms with E-state index in [4.69, 9.17) is 14.5 Å². The first-order chi connectivity index (χ1) is 13.4. The van der Waals surface area contributed by atoms with E-state index in [1.54, 1.807) is 4.90 Å². The zero-order chi connectivity index (χ0) is 20.3. The highest BCUT2D eigenvalue weighted by Crippen LogP contribution is 2.28. The van der Waals surface area contributed by atoms with Gasteiger partial charge in [-0.1, -0.05) is 19.4 Å². The van der Waals surface area contributed by atoms with Crippen molar-refractivity contribution in [1.29, 1.82) is 0 Å². The van der Waals surface area contributed by atoms with E-state index in [-0.39, 0.29) is 12.1 Å². The summed E-state index contributed by atoms with van der Waals surface area (Å²) in [7, 11) is 1.38. The number of imidazole rings is 1. The first kappa shape index (κ1) is 19.9. The minimum absolute atomic E-state index is 0.283. The molecule has 3 rings (SSSR count). The van der Waals surface area contributed by atoms with E-state index < -0.39 is 0 Å². The molecule has 0 aliphatic carbocycles. The molecule has 0 saturated carbocycles. The van der Waals surface area contributed by atoms with E-state index in [2.05, 4.69) is 11.9 Å². The second-order valence-corrected chi connectivity index (χ2v) is 7.12. The molecule has 2 aromatic rings. The number of methoxy groups -OCH3 is 1. The van der Waals surface area contributed by atoms with Crippen LogP contribution in [0.3, 0.4) is 0 Å². The first-order valence-corrected chi connectivity index (χ1v) is 9.64. The number of nitrogens with zero attached hydrogens (tertiary/aromatic N) is 2. The Labute approximate surface area is 165 Å². The average Bonchev–Trinajstić information content (AvgIpc) is 3.10. The summed E-state index contributed by atoms with van der Waals surface area (Å²) in [6.07, 6.45) is 2.25. The minimum Gasteiger partial charge on any atom is -0.465 e. The number of aryl methyl sites for hydroxylation is 2. The molecule has 0 spiro atoms. The van der Waals surface area contributed by atoms with Gasteiger partial charge in [0.05, 0.1) is 37.2 Å². The third-order valence-corrected chi connectivity index (χ3v) is 5.05. The van der Waals surface area contributed by atoms with Gasteiger partial charge in [0, 0.05) is 18.5 Å². The second kappa shape index (κ2) is 8.46. The molecule has 7 heteroatoms. The standard InChI is InChI=1S/C21H27N3O4/c1-5-6-9-28-21(26)24-8-7-17-18(12-24)23-19(22-17)15-11-16(20(25)27-4)14(3)10-13(15)2/h10-11H,5-9,12H2,1-4H3,(H,22,23). The monoisotopic (exact) mass is 385 g/mol. The lowest BCUT2D eigenvalue weighted by atomic mass is 9.99. The number of rotatable bonds is 5. The normalized spacial score (nSPS) is 13.2. The van der Waals surface area contributed by atoms with Gasteiger partial charge < -0.3 is 19.4 Å². The van der Waals surface area contributed by atoms with Crippen LogP contribution < -0.4 is 0 Å². The topological polar surface area (TPSA) is 84.5 Å². The fourth-order valence-corrected chi connectivity index (χ4v) is 3.41. The van der Waals surface area contributed by atoms with Crippen LogP contribution in [0.2, 0.25) is 0 Å². The van der Waals surface area contributed by atoms with Crippen LogP contribution in [-0.4, -0.2) is 47.2 Å². The quantitative estimate of drug-likeness (QED) is 0.625. The summed E-state index contributed by atoms with van der Waals surface area (Å²) in [5.74, 6) is 0.338. The lowest BCUT2D eigenvalue weighted by molar-refractivity contribution is 0.0600. The van der Waals surface area contributed by atoms with Crippen molar-refractivity contribution in [3.63, 3.8) is 0 Å². The van der Waals surface area contributed by atoms with Gasteiger partial charge in [0.25, 0.3) is 0 Å². The van der Waals surface area contributed by atoms with Crippen molar-refractivity contribution >= 4 is 12.1 Å². The van der Waals surface area contributed by atoms with E-state index in [1.165, 1.54) is 7.11 Å². The maximum Gasteiger partial charge on any atom is 0.410 e. The van der Waals surface area contributed by atoms with Crippen molar-refractivity contribution in [2.45, 2.75) is 46.6 Å². The molecule has 1 amide bonds. The van der Waals surface area contributed by atoms with Crippen molar-refractivity contribution in [2.24, 2.45) is 0 Å². The number of ether oxygens (including phenoxy) is 2. The Kier molecular flexibility index (Phi) is 6.02. The summed E-state index contributed by atoms with van der Waals surface area (Å²) in [5, 5.41) is 0. The smallest absolute Gasteiger partial charge is 0.410 e. The Hall–Kier alpha value is -2.83. The van der Waals surface area contributed by atoms with Gasteiger partial charge in [0.15, 0.2) is 0 Å². The lowest BCUT2D eigenvalue weighted by Crippen LogP contribution is -2.36. The Morgan fingerprint density at radius 2 is 2.04 bits per heavy atom. The zero-order valence-corrected chi connectivity index (χ0v) is 16.9. The van der Waals surface area contributed by atoms with Crippen molar-refractivity contribution < 1.29 is 19.1 Å². The van der Waals surface area contributed by atoms with E-state index in [1.807, 2.05) is 26.0 Å². The van der Waals surface area contributed by atoms with Gasteiger partial charge >= 0.3 is 12.1 Å². The molecule has 0 saturated heterocycles. The summed E-state index contributed by atoms with van der Waals surface area (Å²) in [6, 6.07) is 3.78. The van der Waals surface area contributed by atoms with Crippen LogP contribution in [0.1, 0.15) is 52.6 Å². The Morgan fingerprint density at radius 1 is 1.25 bits per heavy atom. The van der Waals surface area contributed by atoms with Crippen LogP contribution in [-0.2, 0) is 22.4 Å². The van der Waals surface area contributed by atoms with E-state index in [9.17, 15) is 9.59 Å². The average molecular weight is 385 g/mol. The summed E-state index contributed by atoms with van der Waals surface area (Å²) >= 11 is 0. The van der Waals surface area contributed by atoms with Crippen molar-refractivity contribution in [3.05, 3.63) is 40.2 Å². The van der Waals surface area contributed by atoms with E-state index in [0.29, 0.717) is 37.5 Å². The van der Waals surface area contributed by atoms with Crippen LogP contribution >= 0.6 is 0 Å². The number of aromatic nitrogens is 2. The molecule has 1 N–H and O–H groups in total. The summed E-state index contributed by atoms with van der Waals surface area (Å²) < 4.78 is 10.2. The first-order valence-electron chi connectivity index (χ1n) is 9.64. The number of unbranched alkanes of at least 4 members (excludes halogenated alkanes) is 1. The largest absolute Gasteiger partial charge is 0.465 e. The number of aromatic amines is 1. The summed E-state index contributed by atoms with van der Waals surface area (Å²) in [5.41, 5.74) is 5.13. The second-order valence-electron chi connectivity index (χ2n) is 7.12. The van der Waals surface area contributed by atoms with Gasteiger partial charge in [-0.05, 0) is 37.5 Å². The van der Waals surface area contributed by atoms with Crippen molar-refractivity contribution in [1.82, 2.24) is 14.9 Å². The molecular formula is C21H27N3O4. The number of H-pyrrole nitrogens is 1. The van der Waals surface area contributed by atoms with Crippen LogP contribution in [0.5, 0.6) is 0 Å². The third kappa shape index (κ3) is 4.03. The van der Waals surface area contributed by atoms with Gasteiger partial charge in [-0.25, -0.2) is 14.6 Å². The number of esters is 1. The van der Waals surface area contributed by atoms with Gasteiger partial charge in [-0.15, -0.1) is 0 Å². The number of benzene rings is 1. The highest BCUT2D eigenvalue weighted by atomic mass is 16.6. The van der Waals surface area contributed by atoms with Gasteiger partial charge in [-0.3, -0.25) is 0 Å².